The molecular weight excluding hydrogens is 541 g/mol. The summed E-state index contributed by atoms with van der Waals surface area (Å²) in [5, 5.41) is 0. The molecule has 0 spiro atoms. The van der Waals surface area contributed by atoms with Crippen molar-refractivity contribution in [3.63, 3.8) is 0 Å². The van der Waals surface area contributed by atoms with Gasteiger partial charge in [0.2, 0.25) is 5.91 Å². The van der Waals surface area contributed by atoms with Crippen LogP contribution < -0.4 is 0 Å². The number of likely N-dealkylation sites (tertiary alicyclic amines) is 2. The van der Waals surface area contributed by atoms with Gasteiger partial charge in [-0.2, -0.15) is 26.3 Å². The van der Waals surface area contributed by atoms with Crippen molar-refractivity contribution in [3.8, 4) is 0 Å². The van der Waals surface area contributed by atoms with E-state index in [4.69, 9.17) is 0 Å². The van der Waals surface area contributed by atoms with Gasteiger partial charge in [0, 0.05) is 43.7 Å². The Bertz CT molecular complexity index is 1300. The van der Waals surface area contributed by atoms with E-state index >= 15 is 0 Å². The van der Waals surface area contributed by atoms with Gasteiger partial charge in [-0.15, -0.1) is 0 Å². The van der Waals surface area contributed by atoms with Crippen LogP contribution in [0, 0.1) is 17.7 Å². The van der Waals surface area contributed by atoms with Crippen LogP contribution in [0.1, 0.15) is 60.4 Å². The summed E-state index contributed by atoms with van der Waals surface area (Å²) in [6, 6.07) is 6.31. The molecule has 0 bridgehead atoms. The number of ketones is 1. The molecule has 5 rings (SSSR count). The highest BCUT2D eigenvalue weighted by atomic mass is 19.4. The van der Waals surface area contributed by atoms with Gasteiger partial charge in [-0.1, -0.05) is 12.1 Å². The normalized spacial score (nSPS) is 24.2. The Kier molecular flexibility index (Phi) is 7.20. The summed E-state index contributed by atoms with van der Waals surface area (Å²) in [4.78, 5) is 29.3. The summed E-state index contributed by atoms with van der Waals surface area (Å²) in [6.07, 6.45) is -6.80. The molecule has 4 atom stereocenters. The minimum atomic E-state index is -5.03. The molecule has 1 amide bonds. The molecule has 0 aromatic heterocycles. The van der Waals surface area contributed by atoms with Crippen LogP contribution in [0.5, 0.6) is 0 Å². The number of rotatable bonds is 4. The number of nitrogens with zero attached hydrogens (tertiary/aromatic N) is 2. The van der Waals surface area contributed by atoms with Gasteiger partial charge in [0.1, 0.15) is 5.82 Å². The van der Waals surface area contributed by atoms with Crippen LogP contribution in [0.2, 0.25) is 0 Å². The first kappa shape index (κ1) is 28.2. The Balaban J connectivity index is 1.49. The number of carbonyl (C=O) groups is 2. The molecule has 40 heavy (non-hydrogen) atoms. The van der Waals surface area contributed by atoms with Gasteiger partial charge in [-0.3, -0.25) is 9.59 Å². The third-order valence-electron chi connectivity index (χ3n) is 8.31. The number of alkyl halides is 6. The van der Waals surface area contributed by atoms with Gasteiger partial charge < -0.3 is 9.80 Å². The van der Waals surface area contributed by atoms with Crippen molar-refractivity contribution in [1.29, 1.82) is 0 Å². The number of allylic oxidation sites excluding steroid dienone is 2. The monoisotopic (exact) mass is 568 g/mol. The number of halogens is 7. The van der Waals surface area contributed by atoms with E-state index in [9.17, 15) is 40.3 Å². The second-order valence-electron chi connectivity index (χ2n) is 10.8. The van der Waals surface area contributed by atoms with E-state index in [-0.39, 0.29) is 35.8 Å². The molecule has 0 saturated carbocycles. The Morgan fingerprint density at radius 3 is 2.10 bits per heavy atom. The Hall–Kier alpha value is -3.37. The molecule has 3 aliphatic rings. The lowest BCUT2D eigenvalue weighted by atomic mass is 9.78. The summed E-state index contributed by atoms with van der Waals surface area (Å²) < 4.78 is 94.7. The first-order chi connectivity index (χ1) is 18.7. The predicted molar refractivity (Wildman–Crippen MR) is 131 cm³/mol. The fourth-order valence-electron chi connectivity index (χ4n) is 6.25. The lowest BCUT2D eigenvalue weighted by molar-refractivity contribution is -0.144. The number of hydrogen-bond acceptors (Lipinski definition) is 3. The highest BCUT2D eigenvalue weighted by molar-refractivity contribution is 5.92. The van der Waals surface area contributed by atoms with Crippen molar-refractivity contribution in [3.05, 3.63) is 82.3 Å². The second kappa shape index (κ2) is 10.2. The fourth-order valence-corrected chi connectivity index (χ4v) is 6.25. The summed E-state index contributed by atoms with van der Waals surface area (Å²) in [5.41, 5.74) is -1.77. The van der Waals surface area contributed by atoms with Crippen molar-refractivity contribution >= 4 is 11.7 Å². The zero-order valence-corrected chi connectivity index (χ0v) is 21.5. The van der Waals surface area contributed by atoms with Gasteiger partial charge in [-0.05, 0) is 67.1 Å². The largest absolute Gasteiger partial charge is 0.416 e. The number of amides is 1. The second-order valence-corrected chi connectivity index (χ2v) is 10.8. The van der Waals surface area contributed by atoms with Crippen molar-refractivity contribution in [2.75, 3.05) is 19.6 Å². The SMILES string of the molecule is CC(C(=O)N1CCC2CN(C3=CC(=O)CC3)CC2C1c1ccc(F)cc1)c1cc(C(F)(F)F)cc(C(F)(F)F)c1. The molecule has 11 heteroatoms. The van der Waals surface area contributed by atoms with E-state index in [1.807, 2.05) is 0 Å². The molecular formula is C29H27F7N2O2. The summed E-state index contributed by atoms with van der Waals surface area (Å²) in [5.74, 6) is -2.32. The lowest BCUT2D eigenvalue weighted by Crippen LogP contribution is -2.47. The zero-order valence-electron chi connectivity index (χ0n) is 21.5. The first-order valence-corrected chi connectivity index (χ1v) is 13.1. The van der Waals surface area contributed by atoms with E-state index in [2.05, 4.69) is 4.90 Å². The molecule has 0 radical (unpaired) electrons. The first-order valence-electron chi connectivity index (χ1n) is 13.1. The molecule has 214 valence electrons. The maximum Gasteiger partial charge on any atom is 0.416 e. The average Bonchev–Trinajstić information content (AvgIpc) is 3.52. The van der Waals surface area contributed by atoms with Gasteiger partial charge in [0.05, 0.1) is 23.1 Å². The summed E-state index contributed by atoms with van der Waals surface area (Å²) in [7, 11) is 0. The molecule has 4 nitrogen and oxygen atoms in total. The molecule has 2 fully saturated rings. The quantitative estimate of drug-likeness (QED) is 0.384. The van der Waals surface area contributed by atoms with Gasteiger partial charge >= 0.3 is 12.4 Å². The van der Waals surface area contributed by atoms with Crippen molar-refractivity contribution in [2.45, 2.75) is 50.5 Å². The molecule has 0 N–H and O–H groups in total. The number of carbonyl (C=O) groups excluding carboxylic acids is 2. The van der Waals surface area contributed by atoms with E-state index in [0.29, 0.717) is 50.0 Å². The van der Waals surface area contributed by atoms with Crippen LogP contribution in [0.15, 0.2) is 54.2 Å². The highest BCUT2D eigenvalue weighted by Gasteiger charge is 2.47. The van der Waals surface area contributed by atoms with Crippen LogP contribution in [0.3, 0.4) is 0 Å². The Labute approximate surface area is 226 Å². The lowest BCUT2D eigenvalue weighted by Gasteiger charge is -2.44. The molecule has 2 aromatic carbocycles. The number of hydrogen-bond donors (Lipinski definition) is 0. The van der Waals surface area contributed by atoms with Crippen LogP contribution in [0.4, 0.5) is 30.7 Å². The van der Waals surface area contributed by atoms with Crippen LogP contribution >= 0.6 is 0 Å². The Morgan fingerprint density at radius 1 is 0.925 bits per heavy atom. The number of fused-ring (bicyclic) bond motifs is 1. The van der Waals surface area contributed by atoms with Crippen LogP contribution in [-0.4, -0.2) is 41.1 Å². The number of benzene rings is 2. The highest BCUT2D eigenvalue weighted by Crippen LogP contribution is 2.47. The van der Waals surface area contributed by atoms with Crippen LogP contribution in [-0.2, 0) is 21.9 Å². The average molecular weight is 569 g/mol. The van der Waals surface area contributed by atoms with E-state index in [0.717, 1.165) is 5.70 Å². The Morgan fingerprint density at radius 2 is 1.55 bits per heavy atom. The van der Waals surface area contributed by atoms with E-state index < -0.39 is 47.2 Å². The van der Waals surface area contributed by atoms with Gasteiger partial charge in [0.15, 0.2) is 5.78 Å². The third kappa shape index (κ3) is 5.47. The standard InChI is InChI=1S/C29H27F7N2O2/c1-16(19-10-20(28(31,32)33)12-21(11-19)29(34,35)36)27(40)38-9-8-18-14-37(23-6-7-24(39)13-23)15-25(18)26(38)17-2-4-22(30)5-3-17/h2-5,10-13,16,18,25-26H,6-9,14-15H2,1H3. The van der Waals surface area contributed by atoms with Crippen molar-refractivity contribution < 1.29 is 40.3 Å². The maximum atomic E-state index is 13.9. The molecule has 1 aliphatic carbocycles. The van der Waals surface area contributed by atoms with Crippen molar-refractivity contribution in [2.24, 2.45) is 11.8 Å². The fraction of sp³-hybridized carbons (Fsp3) is 0.448. The van der Waals surface area contributed by atoms with Crippen LogP contribution in [0.25, 0.3) is 0 Å². The van der Waals surface area contributed by atoms with E-state index in [1.54, 1.807) is 18.2 Å². The summed E-state index contributed by atoms with van der Waals surface area (Å²) in [6.45, 7) is 2.73. The third-order valence-corrected chi connectivity index (χ3v) is 8.31. The number of piperidine rings is 1. The molecule has 4 unspecified atom stereocenters. The van der Waals surface area contributed by atoms with E-state index in [1.165, 1.54) is 24.0 Å². The molecule has 2 heterocycles. The summed E-state index contributed by atoms with van der Waals surface area (Å²) >= 11 is 0. The smallest absolute Gasteiger partial charge is 0.374 e. The molecule has 2 saturated heterocycles. The minimum absolute atomic E-state index is 0.0447. The minimum Gasteiger partial charge on any atom is -0.374 e. The molecule has 2 aromatic rings. The topological polar surface area (TPSA) is 40.6 Å². The maximum absolute atomic E-state index is 13.9. The van der Waals surface area contributed by atoms with Gasteiger partial charge in [0.25, 0.3) is 0 Å². The van der Waals surface area contributed by atoms with Crippen molar-refractivity contribution in [1.82, 2.24) is 9.80 Å². The predicted octanol–water partition coefficient (Wildman–Crippen LogP) is 6.74. The molecule has 2 aliphatic heterocycles. The van der Waals surface area contributed by atoms with Gasteiger partial charge in [-0.25, -0.2) is 4.39 Å². The zero-order chi connectivity index (χ0) is 29.0.